The minimum absolute atomic E-state index is 0.134. The smallest absolute Gasteiger partial charge is 0.254 e. The molecule has 0 atom stereocenters. The van der Waals surface area contributed by atoms with Crippen molar-refractivity contribution in [3.05, 3.63) is 68.9 Å². The van der Waals surface area contributed by atoms with E-state index >= 15 is 0 Å². The van der Waals surface area contributed by atoms with Gasteiger partial charge < -0.3 is 4.90 Å². The highest BCUT2D eigenvalue weighted by Gasteiger charge is 2.16. The Morgan fingerprint density at radius 1 is 1.29 bits per heavy atom. The van der Waals surface area contributed by atoms with Crippen LogP contribution in [0.5, 0.6) is 0 Å². The van der Waals surface area contributed by atoms with Gasteiger partial charge in [-0.2, -0.15) is 0 Å². The van der Waals surface area contributed by atoms with E-state index in [1.54, 1.807) is 35.2 Å². The topological polar surface area (TPSA) is 20.3 Å². The first-order chi connectivity index (χ1) is 9.99. The van der Waals surface area contributed by atoms with Crippen molar-refractivity contribution >= 4 is 33.4 Å². The van der Waals surface area contributed by atoms with Crippen molar-refractivity contribution in [3.8, 4) is 0 Å². The molecule has 0 spiro atoms. The van der Waals surface area contributed by atoms with Gasteiger partial charge in [-0.05, 0) is 42.8 Å². The van der Waals surface area contributed by atoms with Gasteiger partial charge in [0.25, 0.3) is 5.91 Å². The third-order valence-corrected chi connectivity index (χ3v) is 3.72. The zero-order valence-electron chi connectivity index (χ0n) is 11.4. The van der Waals surface area contributed by atoms with E-state index in [2.05, 4.69) is 15.9 Å². The van der Waals surface area contributed by atoms with Crippen molar-refractivity contribution in [2.45, 2.75) is 13.5 Å². The predicted molar refractivity (Wildman–Crippen MR) is 86.0 cm³/mol. The first-order valence-electron chi connectivity index (χ1n) is 6.49. The van der Waals surface area contributed by atoms with Crippen molar-refractivity contribution in [2.75, 3.05) is 6.54 Å². The van der Waals surface area contributed by atoms with Crippen LogP contribution in [0.25, 0.3) is 0 Å². The van der Waals surface area contributed by atoms with E-state index < -0.39 is 0 Å². The van der Waals surface area contributed by atoms with Gasteiger partial charge in [0, 0.05) is 28.1 Å². The maximum absolute atomic E-state index is 13.2. The Balaban J connectivity index is 2.22. The molecular formula is C16H14BrClFNO. The number of halogens is 3. The summed E-state index contributed by atoms with van der Waals surface area (Å²) >= 11 is 9.30. The summed E-state index contributed by atoms with van der Waals surface area (Å²) in [5.41, 5.74) is 1.26. The number of carbonyl (C=O) groups is 1. The fourth-order valence-corrected chi connectivity index (χ4v) is 2.90. The summed E-state index contributed by atoms with van der Waals surface area (Å²) < 4.78 is 14.0. The number of amides is 1. The Morgan fingerprint density at radius 2 is 2.05 bits per heavy atom. The van der Waals surface area contributed by atoms with E-state index in [9.17, 15) is 9.18 Å². The molecule has 1 amide bonds. The summed E-state index contributed by atoms with van der Waals surface area (Å²) in [6, 6.07) is 11.3. The molecule has 2 aromatic carbocycles. The lowest BCUT2D eigenvalue weighted by molar-refractivity contribution is 0.0752. The molecule has 0 fully saturated rings. The summed E-state index contributed by atoms with van der Waals surface area (Å²) in [6.07, 6.45) is 0. The number of nitrogens with zero attached hydrogens (tertiary/aromatic N) is 1. The lowest BCUT2D eigenvalue weighted by Gasteiger charge is -2.21. The Kier molecular flexibility index (Phi) is 5.37. The molecule has 0 heterocycles. The van der Waals surface area contributed by atoms with Crippen molar-refractivity contribution in [3.63, 3.8) is 0 Å². The predicted octanol–water partition coefficient (Wildman–Crippen LogP) is 4.90. The second-order valence-corrected chi connectivity index (χ2v) is 5.96. The molecule has 0 unspecified atom stereocenters. The molecule has 0 N–H and O–H groups in total. The largest absolute Gasteiger partial charge is 0.335 e. The molecule has 0 bridgehead atoms. The molecule has 21 heavy (non-hydrogen) atoms. The van der Waals surface area contributed by atoms with Gasteiger partial charge in [-0.15, -0.1) is 0 Å². The van der Waals surface area contributed by atoms with Gasteiger partial charge in [-0.1, -0.05) is 39.7 Å². The van der Waals surface area contributed by atoms with Crippen LogP contribution in [-0.2, 0) is 6.54 Å². The minimum atomic E-state index is -0.304. The van der Waals surface area contributed by atoms with Gasteiger partial charge in [0.15, 0.2) is 0 Å². The second-order valence-electron chi connectivity index (χ2n) is 4.61. The molecule has 2 aromatic rings. The monoisotopic (exact) mass is 369 g/mol. The number of hydrogen-bond donors (Lipinski definition) is 0. The summed E-state index contributed by atoms with van der Waals surface area (Å²) in [5.74, 6) is -0.438. The normalized spacial score (nSPS) is 10.5. The molecule has 2 nitrogen and oxygen atoms in total. The molecule has 0 aliphatic rings. The van der Waals surface area contributed by atoms with Crippen LogP contribution in [0.2, 0.25) is 5.02 Å². The summed E-state index contributed by atoms with van der Waals surface area (Å²) in [6.45, 7) is 2.77. The Hall–Kier alpha value is -1.39. The molecule has 2 rings (SSSR count). The van der Waals surface area contributed by atoms with Crippen LogP contribution >= 0.6 is 27.5 Å². The maximum atomic E-state index is 13.2. The SMILES string of the molecule is CCN(Cc1cccc(F)c1)C(=O)c1cc(Cl)cc(Br)c1. The highest BCUT2D eigenvalue weighted by molar-refractivity contribution is 9.10. The van der Waals surface area contributed by atoms with Gasteiger partial charge in [0.2, 0.25) is 0 Å². The fraction of sp³-hybridized carbons (Fsp3) is 0.188. The molecule has 0 aliphatic heterocycles. The molecular weight excluding hydrogens is 357 g/mol. The van der Waals surface area contributed by atoms with Gasteiger partial charge in [-0.3, -0.25) is 4.79 Å². The van der Waals surface area contributed by atoms with Crippen LogP contribution < -0.4 is 0 Å². The summed E-state index contributed by atoms with van der Waals surface area (Å²) in [5, 5.41) is 0.495. The number of carbonyl (C=O) groups excluding carboxylic acids is 1. The molecule has 110 valence electrons. The lowest BCUT2D eigenvalue weighted by Crippen LogP contribution is -2.30. The molecule has 0 saturated heterocycles. The highest BCUT2D eigenvalue weighted by atomic mass is 79.9. The van der Waals surface area contributed by atoms with E-state index in [1.807, 2.05) is 6.92 Å². The Labute approximate surface area is 136 Å². The fourth-order valence-electron chi connectivity index (χ4n) is 2.04. The summed E-state index contributed by atoms with van der Waals surface area (Å²) in [7, 11) is 0. The van der Waals surface area contributed by atoms with Crippen LogP contribution in [0.3, 0.4) is 0 Å². The molecule has 0 saturated carbocycles. The van der Waals surface area contributed by atoms with Crippen LogP contribution in [-0.4, -0.2) is 17.4 Å². The Morgan fingerprint density at radius 3 is 2.67 bits per heavy atom. The van der Waals surface area contributed by atoms with Crippen molar-refractivity contribution in [1.82, 2.24) is 4.90 Å². The van der Waals surface area contributed by atoms with E-state index in [4.69, 9.17) is 11.6 Å². The van der Waals surface area contributed by atoms with E-state index in [-0.39, 0.29) is 11.7 Å². The highest BCUT2D eigenvalue weighted by Crippen LogP contribution is 2.21. The lowest BCUT2D eigenvalue weighted by atomic mass is 10.1. The third-order valence-electron chi connectivity index (χ3n) is 3.04. The van der Waals surface area contributed by atoms with Crippen LogP contribution in [0.1, 0.15) is 22.8 Å². The van der Waals surface area contributed by atoms with Crippen molar-refractivity contribution in [2.24, 2.45) is 0 Å². The standard InChI is InChI=1S/C16H14BrClFNO/c1-2-20(10-11-4-3-5-15(19)6-11)16(21)12-7-13(17)9-14(18)8-12/h3-9H,2,10H2,1H3. The van der Waals surface area contributed by atoms with E-state index in [1.165, 1.54) is 12.1 Å². The molecule has 0 radical (unpaired) electrons. The summed E-state index contributed by atoms with van der Waals surface area (Å²) in [4.78, 5) is 14.2. The first kappa shape index (κ1) is 16.0. The number of rotatable bonds is 4. The quantitative estimate of drug-likeness (QED) is 0.749. The van der Waals surface area contributed by atoms with E-state index in [0.29, 0.717) is 23.7 Å². The third kappa shape index (κ3) is 4.29. The van der Waals surface area contributed by atoms with Crippen LogP contribution in [0.4, 0.5) is 4.39 Å². The van der Waals surface area contributed by atoms with E-state index in [0.717, 1.165) is 10.0 Å². The maximum Gasteiger partial charge on any atom is 0.254 e. The van der Waals surface area contributed by atoms with Crippen LogP contribution in [0.15, 0.2) is 46.9 Å². The Bertz CT molecular complexity index is 642. The van der Waals surface area contributed by atoms with Gasteiger partial charge in [-0.25, -0.2) is 4.39 Å². The first-order valence-corrected chi connectivity index (χ1v) is 7.66. The minimum Gasteiger partial charge on any atom is -0.335 e. The molecule has 0 aliphatic carbocycles. The van der Waals surface area contributed by atoms with Gasteiger partial charge in [0.1, 0.15) is 5.82 Å². The average molecular weight is 371 g/mol. The van der Waals surface area contributed by atoms with Crippen molar-refractivity contribution < 1.29 is 9.18 Å². The van der Waals surface area contributed by atoms with Gasteiger partial charge in [0.05, 0.1) is 0 Å². The molecule has 5 heteroatoms. The van der Waals surface area contributed by atoms with Gasteiger partial charge >= 0.3 is 0 Å². The zero-order valence-corrected chi connectivity index (χ0v) is 13.8. The number of benzene rings is 2. The van der Waals surface area contributed by atoms with Crippen molar-refractivity contribution in [1.29, 1.82) is 0 Å². The number of hydrogen-bond acceptors (Lipinski definition) is 1. The van der Waals surface area contributed by atoms with Crippen LogP contribution in [0, 0.1) is 5.82 Å². The average Bonchev–Trinajstić information content (AvgIpc) is 2.43. The molecule has 0 aromatic heterocycles. The zero-order chi connectivity index (χ0) is 15.4. The second kappa shape index (κ2) is 7.05.